The van der Waals surface area contributed by atoms with Crippen molar-refractivity contribution < 1.29 is 0 Å². The highest BCUT2D eigenvalue weighted by atomic mass is 16.2. The number of aromatic amines is 1. The summed E-state index contributed by atoms with van der Waals surface area (Å²) >= 11 is 0. The smallest absolute Gasteiger partial charge is 0.314 e. The van der Waals surface area contributed by atoms with E-state index in [2.05, 4.69) is 15.4 Å². The molecule has 0 radical (unpaired) electrons. The zero-order valence-electron chi connectivity index (χ0n) is 10.1. The summed E-state index contributed by atoms with van der Waals surface area (Å²) < 4.78 is 1.65. The first kappa shape index (κ1) is 11.0. The lowest BCUT2D eigenvalue weighted by Gasteiger charge is -2.24. The maximum Gasteiger partial charge on any atom is 0.343 e. The van der Waals surface area contributed by atoms with Crippen molar-refractivity contribution in [2.75, 3.05) is 6.54 Å². The largest absolute Gasteiger partial charge is 0.343 e. The van der Waals surface area contributed by atoms with Gasteiger partial charge in [-0.3, -0.25) is 4.98 Å². The molecule has 17 heavy (non-hydrogen) atoms. The first-order valence-corrected chi connectivity index (χ1v) is 6.74. The van der Waals surface area contributed by atoms with Gasteiger partial charge in [-0.25, -0.2) is 9.48 Å². The van der Waals surface area contributed by atoms with E-state index in [1.807, 2.05) is 0 Å². The Morgan fingerprint density at radius 1 is 1.24 bits per heavy atom. The fourth-order valence-corrected chi connectivity index (χ4v) is 2.68. The molecule has 0 aromatic carbocycles. The minimum absolute atomic E-state index is 0.0273. The Morgan fingerprint density at radius 2 is 2.12 bits per heavy atom. The van der Waals surface area contributed by atoms with Crippen molar-refractivity contribution in [1.29, 1.82) is 0 Å². The van der Waals surface area contributed by atoms with Crippen LogP contribution >= 0.6 is 0 Å². The molecule has 3 rings (SSSR count). The summed E-state index contributed by atoms with van der Waals surface area (Å²) in [7, 11) is 0. The van der Waals surface area contributed by atoms with Gasteiger partial charge in [0.25, 0.3) is 0 Å². The second-order valence-electron chi connectivity index (χ2n) is 5.26. The zero-order valence-corrected chi connectivity index (χ0v) is 10.1. The Labute approximate surface area is 101 Å². The highest BCUT2D eigenvalue weighted by molar-refractivity contribution is 4.91. The van der Waals surface area contributed by atoms with Crippen molar-refractivity contribution in [3.05, 3.63) is 16.3 Å². The van der Waals surface area contributed by atoms with Crippen LogP contribution in [0, 0.1) is 0 Å². The van der Waals surface area contributed by atoms with Gasteiger partial charge in [-0.15, -0.1) is 0 Å². The molecule has 2 heterocycles. The fourth-order valence-electron chi connectivity index (χ4n) is 2.68. The van der Waals surface area contributed by atoms with Crippen molar-refractivity contribution in [1.82, 2.24) is 20.1 Å². The Morgan fingerprint density at radius 3 is 2.76 bits per heavy atom. The van der Waals surface area contributed by atoms with Crippen LogP contribution in [0.25, 0.3) is 0 Å². The van der Waals surface area contributed by atoms with Crippen LogP contribution in [0.1, 0.15) is 50.4 Å². The molecule has 1 saturated heterocycles. The van der Waals surface area contributed by atoms with E-state index in [1.165, 1.54) is 25.7 Å². The molecule has 1 aromatic heterocycles. The predicted molar refractivity (Wildman–Crippen MR) is 65.1 cm³/mol. The van der Waals surface area contributed by atoms with Gasteiger partial charge in [0.1, 0.15) is 5.82 Å². The topological polar surface area (TPSA) is 62.7 Å². The summed E-state index contributed by atoms with van der Waals surface area (Å²) in [5.41, 5.74) is -0.0273. The van der Waals surface area contributed by atoms with Gasteiger partial charge >= 0.3 is 5.69 Å². The fraction of sp³-hybridized carbons (Fsp3) is 0.833. The summed E-state index contributed by atoms with van der Waals surface area (Å²) in [6, 6.07) is 0.843. The average Bonchev–Trinajstić information content (AvgIpc) is 2.59. The van der Waals surface area contributed by atoms with Crippen LogP contribution in [-0.2, 0) is 6.42 Å². The third kappa shape index (κ3) is 2.29. The lowest BCUT2D eigenvalue weighted by Crippen LogP contribution is -2.35. The summed E-state index contributed by atoms with van der Waals surface area (Å²) in [5, 5.41) is 7.92. The minimum Gasteiger partial charge on any atom is -0.314 e. The summed E-state index contributed by atoms with van der Waals surface area (Å²) in [6.07, 6.45) is 8.03. The quantitative estimate of drug-likeness (QED) is 0.822. The van der Waals surface area contributed by atoms with Gasteiger partial charge in [0.05, 0.1) is 6.04 Å². The lowest BCUT2D eigenvalue weighted by molar-refractivity contribution is 0.280. The van der Waals surface area contributed by atoms with E-state index in [-0.39, 0.29) is 5.69 Å². The molecule has 2 N–H and O–H groups in total. The Hall–Kier alpha value is -1.10. The average molecular weight is 236 g/mol. The number of hydrogen-bond donors (Lipinski definition) is 2. The molecule has 5 nitrogen and oxygen atoms in total. The molecule has 1 aliphatic heterocycles. The van der Waals surface area contributed by atoms with Gasteiger partial charge in [0.2, 0.25) is 0 Å². The molecule has 2 fully saturated rings. The van der Waals surface area contributed by atoms with Crippen LogP contribution in [0.15, 0.2) is 4.79 Å². The summed E-state index contributed by atoms with van der Waals surface area (Å²) in [6.45, 7) is 1.10. The monoisotopic (exact) mass is 236 g/mol. The highest BCUT2D eigenvalue weighted by Crippen LogP contribution is 2.29. The molecule has 5 heteroatoms. The molecule has 1 unspecified atom stereocenters. The van der Waals surface area contributed by atoms with Gasteiger partial charge < -0.3 is 5.32 Å². The SMILES string of the molecule is O=c1[nH]c(CC2CCCCN2)nn1C1CCC1. The number of nitrogens with one attached hydrogen (secondary N) is 2. The first-order chi connectivity index (χ1) is 8.33. The number of hydrogen-bond acceptors (Lipinski definition) is 3. The van der Waals surface area contributed by atoms with Gasteiger partial charge in [-0.05, 0) is 38.6 Å². The second kappa shape index (κ2) is 4.64. The van der Waals surface area contributed by atoms with Crippen LogP contribution in [0.2, 0.25) is 0 Å². The van der Waals surface area contributed by atoms with Crippen LogP contribution < -0.4 is 11.0 Å². The molecule has 1 aliphatic carbocycles. The van der Waals surface area contributed by atoms with Gasteiger partial charge in [0, 0.05) is 12.5 Å². The zero-order chi connectivity index (χ0) is 11.7. The van der Waals surface area contributed by atoms with Gasteiger partial charge in [-0.2, -0.15) is 5.10 Å². The van der Waals surface area contributed by atoms with E-state index in [0.29, 0.717) is 12.1 Å². The molecular formula is C12H20N4O. The molecule has 0 spiro atoms. The van der Waals surface area contributed by atoms with Crippen molar-refractivity contribution in [2.45, 2.75) is 57.0 Å². The second-order valence-corrected chi connectivity index (χ2v) is 5.26. The normalized spacial score (nSPS) is 25.8. The lowest BCUT2D eigenvalue weighted by atomic mass is 9.93. The predicted octanol–water partition coefficient (Wildman–Crippen LogP) is 0.981. The van der Waals surface area contributed by atoms with E-state index in [0.717, 1.165) is 31.6 Å². The Balaban J connectivity index is 1.68. The summed E-state index contributed by atoms with van der Waals surface area (Å²) in [4.78, 5) is 14.6. The van der Waals surface area contributed by atoms with Crippen molar-refractivity contribution >= 4 is 0 Å². The van der Waals surface area contributed by atoms with Crippen molar-refractivity contribution in [2.24, 2.45) is 0 Å². The third-order valence-corrected chi connectivity index (χ3v) is 3.96. The molecule has 1 aromatic rings. The first-order valence-electron chi connectivity index (χ1n) is 6.74. The van der Waals surface area contributed by atoms with E-state index >= 15 is 0 Å². The molecule has 2 aliphatic rings. The van der Waals surface area contributed by atoms with Crippen LogP contribution in [0.5, 0.6) is 0 Å². The molecule has 0 bridgehead atoms. The van der Waals surface area contributed by atoms with Crippen molar-refractivity contribution in [3.63, 3.8) is 0 Å². The minimum atomic E-state index is -0.0273. The molecule has 94 valence electrons. The van der Waals surface area contributed by atoms with Gasteiger partial charge in [-0.1, -0.05) is 6.42 Å². The van der Waals surface area contributed by atoms with Crippen molar-refractivity contribution in [3.8, 4) is 0 Å². The van der Waals surface area contributed by atoms with E-state index < -0.39 is 0 Å². The number of piperidine rings is 1. The number of nitrogens with zero attached hydrogens (tertiary/aromatic N) is 2. The van der Waals surface area contributed by atoms with Crippen LogP contribution in [-0.4, -0.2) is 27.4 Å². The van der Waals surface area contributed by atoms with Gasteiger partial charge in [0.15, 0.2) is 0 Å². The van der Waals surface area contributed by atoms with Crippen LogP contribution in [0.4, 0.5) is 0 Å². The third-order valence-electron chi connectivity index (χ3n) is 3.96. The van der Waals surface area contributed by atoms with E-state index in [1.54, 1.807) is 4.68 Å². The maximum absolute atomic E-state index is 11.7. The summed E-state index contributed by atoms with van der Waals surface area (Å²) in [5.74, 6) is 0.848. The highest BCUT2D eigenvalue weighted by Gasteiger charge is 2.23. The van der Waals surface area contributed by atoms with E-state index in [9.17, 15) is 4.79 Å². The molecular weight excluding hydrogens is 216 g/mol. The Bertz CT molecular complexity index is 426. The Kier molecular flexibility index (Phi) is 3.01. The molecule has 0 amide bonds. The number of H-pyrrole nitrogens is 1. The number of aromatic nitrogens is 3. The maximum atomic E-state index is 11.7. The molecule has 1 atom stereocenters. The number of rotatable bonds is 3. The van der Waals surface area contributed by atoms with E-state index in [4.69, 9.17) is 0 Å². The van der Waals surface area contributed by atoms with Crippen LogP contribution in [0.3, 0.4) is 0 Å². The standard InChI is InChI=1S/C12H20N4O/c17-12-14-11(8-9-4-1-2-7-13-9)15-16(12)10-5-3-6-10/h9-10,13H,1-8H2,(H,14,15,17). The molecule has 1 saturated carbocycles.